The molecule has 0 saturated heterocycles. The smallest absolute Gasteiger partial charge is 0.143 e. The van der Waals surface area contributed by atoms with Gasteiger partial charge in [-0.05, 0) is 31.6 Å². The van der Waals surface area contributed by atoms with Gasteiger partial charge >= 0.3 is 0 Å². The molecule has 0 saturated carbocycles. The third-order valence-corrected chi connectivity index (χ3v) is 3.47. The van der Waals surface area contributed by atoms with Crippen molar-refractivity contribution < 1.29 is 0 Å². The molecule has 0 spiro atoms. The quantitative estimate of drug-likeness (QED) is 0.755. The van der Waals surface area contributed by atoms with Gasteiger partial charge in [0.1, 0.15) is 11.6 Å². The molecule has 18 heavy (non-hydrogen) atoms. The Bertz CT molecular complexity index is 377. The average Bonchev–Trinajstić information content (AvgIpc) is 2.57. The summed E-state index contributed by atoms with van der Waals surface area (Å²) in [6, 6.07) is 0.421. The summed E-state index contributed by atoms with van der Waals surface area (Å²) in [7, 11) is 0. The number of hydrogen-bond acceptors (Lipinski definition) is 2. The fourth-order valence-corrected chi connectivity index (χ4v) is 3.00. The molecule has 0 fully saturated rings. The van der Waals surface area contributed by atoms with Crippen LogP contribution in [-0.4, -0.2) is 14.8 Å². The molecule has 1 rings (SSSR count). The fourth-order valence-electron chi connectivity index (χ4n) is 2.62. The molecule has 0 aliphatic heterocycles. The molecular formula is C14H26BrN3. The van der Waals surface area contributed by atoms with Crippen molar-refractivity contribution in [1.82, 2.24) is 14.8 Å². The second kappa shape index (κ2) is 6.18. The predicted molar refractivity (Wildman–Crippen MR) is 80.0 cm³/mol. The van der Waals surface area contributed by atoms with Gasteiger partial charge in [0.2, 0.25) is 0 Å². The second-order valence-corrected chi connectivity index (χ2v) is 7.26. The largest absolute Gasteiger partial charge is 0.312 e. The van der Waals surface area contributed by atoms with E-state index in [2.05, 4.69) is 72.2 Å². The zero-order valence-corrected chi connectivity index (χ0v) is 14.1. The zero-order chi connectivity index (χ0) is 13.9. The van der Waals surface area contributed by atoms with Crippen molar-refractivity contribution >= 4 is 15.9 Å². The second-order valence-electron chi connectivity index (χ2n) is 6.70. The van der Waals surface area contributed by atoms with Gasteiger partial charge in [0.05, 0.1) is 5.33 Å². The van der Waals surface area contributed by atoms with Crippen LogP contribution in [0.4, 0.5) is 0 Å². The number of halogens is 1. The third kappa shape index (κ3) is 4.38. The maximum atomic E-state index is 4.36. The van der Waals surface area contributed by atoms with Gasteiger partial charge in [-0.15, -0.1) is 10.2 Å². The van der Waals surface area contributed by atoms with E-state index in [1.807, 2.05) is 0 Å². The first kappa shape index (κ1) is 15.7. The van der Waals surface area contributed by atoms with Crippen LogP contribution in [-0.2, 0) is 11.8 Å². The molecule has 0 aliphatic rings. The van der Waals surface area contributed by atoms with Crippen molar-refractivity contribution in [2.24, 2.45) is 11.3 Å². The van der Waals surface area contributed by atoms with E-state index in [-0.39, 0.29) is 0 Å². The van der Waals surface area contributed by atoms with Crippen molar-refractivity contribution in [2.75, 3.05) is 0 Å². The fraction of sp³-hybridized carbons (Fsp3) is 0.857. The van der Waals surface area contributed by atoms with E-state index in [0.717, 1.165) is 23.4 Å². The van der Waals surface area contributed by atoms with Gasteiger partial charge in [-0.2, -0.15) is 0 Å². The molecule has 3 nitrogen and oxygen atoms in total. The Hall–Kier alpha value is -0.380. The summed E-state index contributed by atoms with van der Waals surface area (Å²) in [5.74, 6) is 2.79. The standard InChI is InChI=1S/C14H26BrN3/c1-10(2)18-12(16-17-13(18)9-15)7-11(3)8-14(4,5)6/h10-11H,7-9H2,1-6H3. The van der Waals surface area contributed by atoms with E-state index in [1.54, 1.807) is 0 Å². The Labute approximate surface area is 120 Å². The monoisotopic (exact) mass is 315 g/mol. The SMILES string of the molecule is CC(Cc1nnc(CBr)n1C(C)C)CC(C)(C)C. The molecule has 4 heteroatoms. The lowest BCUT2D eigenvalue weighted by Gasteiger charge is -2.23. The first-order valence-electron chi connectivity index (χ1n) is 6.73. The molecule has 1 heterocycles. The van der Waals surface area contributed by atoms with Crippen LogP contribution in [0.25, 0.3) is 0 Å². The highest BCUT2D eigenvalue weighted by molar-refractivity contribution is 9.08. The van der Waals surface area contributed by atoms with E-state index in [9.17, 15) is 0 Å². The molecule has 1 aromatic rings. The first-order valence-corrected chi connectivity index (χ1v) is 7.85. The number of alkyl halides is 1. The summed E-state index contributed by atoms with van der Waals surface area (Å²) in [4.78, 5) is 0. The molecule has 0 N–H and O–H groups in total. The Morgan fingerprint density at radius 3 is 2.11 bits per heavy atom. The van der Waals surface area contributed by atoms with Crippen LogP contribution in [0, 0.1) is 11.3 Å². The summed E-state index contributed by atoms with van der Waals surface area (Å²) in [5, 5.41) is 9.40. The van der Waals surface area contributed by atoms with Gasteiger partial charge in [-0.1, -0.05) is 43.6 Å². The highest BCUT2D eigenvalue weighted by Crippen LogP contribution is 2.27. The van der Waals surface area contributed by atoms with Crippen LogP contribution in [0.5, 0.6) is 0 Å². The van der Waals surface area contributed by atoms with Gasteiger partial charge < -0.3 is 4.57 Å². The number of hydrogen-bond donors (Lipinski definition) is 0. The maximum absolute atomic E-state index is 4.36. The van der Waals surface area contributed by atoms with Crippen LogP contribution < -0.4 is 0 Å². The lowest BCUT2D eigenvalue weighted by atomic mass is 9.84. The molecule has 0 bridgehead atoms. The lowest BCUT2D eigenvalue weighted by Crippen LogP contribution is -2.16. The van der Waals surface area contributed by atoms with E-state index in [0.29, 0.717) is 17.4 Å². The molecule has 0 aliphatic carbocycles. The summed E-state index contributed by atoms with van der Waals surface area (Å²) in [6.07, 6.45) is 2.22. The highest BCUT2D eigenvalue weighted by Gasteiger charge is 2.20. The molecule has 0 amide bonds. The van der Waals surface area contributed by atoms with Gasteiger partial charge in [-0.25, -0.2) is 0 Å². The van der Waals surface area contributed by atoms with E-state index >= 15 is 0 Å². The molecule has 0 aromatic carbocycles. The summed E-state index contributed by atoms with van der Waals surface area (Å²) in [5.41, 5.74) is 0.375. The van der Waals surface area contributed by atoms with Crippen LogP contribution in [0.2, 0.25) is 0 Å². The Morgan fingerprint density at radius 1 is 1.11 bits per heavy atom. The minimum absolute atomic E-state index is 0.375. The molecular weight excluding hydrogens is 290 g/mol. The summed E-state index contributed by atoms with van der Waals surface area (Å²) < 4.78 is 2.26. The molecule has 104 valence electrons. The van der Waals surface area contributed by atoms with E-state index < -0.39 is 0 Å². The Kier molecular flexibility index (Phi) is 5.38. The van der Waals surface area contributed by atoms with Crippen LogP contribution >= 0.6 is 15.9 Å². The van der Waals surface area contributed by atoms with Gasteiger partial charge in [0, 0.05) is 12.5 Å². The molecule has 1 atom stereocenters. The topological polar surface area (TPSA) is 30.7 Å². The summed E-state index contributed by atoms with van der Waals surface area (Å²) in [6.45, 7) is 13.6. The minimum atomic E-state index is 0.375. The van der Waals surface area contributed by atoms with Crippen LogP contribution in [0.1, 0.15) is 65.7 Å². The molecule has 1 unspecified atom stereocenters. The molecule has 1 aromatic heterocycles. The molecule has 0 radical (unpaired) electrons. The van der Waals surface area contributed by atoms with E-state index in [1.165, 1.54) is 6.42 Å². The first-order chi connectivity index (χ1) is 8.24. The average molecular weight is 316 g/mol. The number of aromatic nitrogens is 3. The zero-order valence-electron chi connectivity index (χ0n) is 12.5. The van der Waals surface area contributed by atoms with Crippen molar-refractivity contribution in [3.8, 4) is 0 Å². The van der Waals surface area contributed by atoms with Gasteiger partial charge in [0.15, 0.2) is 0 Å². The summed E-state index contributed by atoms with van der Waals surface area (Å²) >= 11 is 3.48. The third-order valence-electron chi connectivity index (χ3n) is 2.96. The lowest BCUT2D eigenvalue weighted by molar-refractivity contribution is 0.301. The van der Waals surface area contributed by atoms with Crippen molar-refractivity contribution in [1.29, 1.82) is 0 Å². The van der Waals surface area contributed by atoms with Crippen LogP contribution in [0.15, 0.2) is 0 Å². The van der Waals surface area contributed by atoms with Crippen molar-refractivity contribution in [2.45, 2.75) is 65.8 Å². The van der Waals surface area contributed by atoms with Crippen molar-refractivity contribution in [3.63, 3.8) is 0 Å². The Balaban J connectivity index is 2.81. The number of rotatable bonds is 5. The Morgan fingerprint density at radius 2 is 1.67 bits per heavy atom. The number of nitrogens with zero attached hydrogens (tertiary/aromatic N) is 3. The normalized spacial score (nSPS) is 14.2. The van der Waals surface area contributed by atoms with Crippen molar-refractivity contribution in [3.05, 3.63) is 11.6 Å². The van der Waals surface area contributed by atoms with E-state index in [4.69, 9.17) is 0 Å². The van der Waals surface area contributed by atoms with Gasteiger partial charge in [-0.3, -0.25) is 0 Å². The minimum Gasteiger partial charge on any atom is -0.312 e. The van der Waals surface area contributed by atoms with Crippen LogP contribution in [0.3, 0.4) is 0 Å². The highest BCUT2D eigenvalue weighted by atomic mass is 79.9. The van der Waals surface area contributed by atoms with Gasteiger partial charge in [0.25, 0.3) is 0 Å². The maximum Gasteiger partial charge on any atom is 0.143 e. The predicted octanol–water partition coefficient (Wildman–Crippen LogP) is 4.37.